The minimum atomic E-state index is 0.500. The number of fused-ring (bicyclic) bond motifs is 1. The number of aromatic nitrogens is 2. The molecule has 3 heterocycles. The molecule has 28 heavy (non-hydrogen) atoms. The third-order valence-electron chi connectivity index (χ3n) is 5.25. The molecule has 0 radical (unpaired) electrons. The second kappa shape index (κ2) is 7.70. The van der Waals surface area contributed by atoms with Crippen molar-refractivity contribution in [3.05, 3.63) is 47.2 Å². The van der Waals surface area contributed by atoms with Crippen molar-refractivity contribution in [2.24, 2.45) is 0 Å². The number of halogens is 1. The Balaban J connectivity index is 1.61. The van der Waals surface area contributed by atoms with Crippen molar-refractivity contribution in [2.75, 3.05) is 44.7 Å². The van der Waals surface area contributed by atoms with Crippen LogP contribution in [0.25, 0.3) is 16.9 Å². The van der Waals surface area contributed by atoms with Crippen LogP contribution < -0.4 is 9.64 Å². The summed E-state index contributed by atoms with van der Waals surface area (Å²) in [5.74, 6) is 0.671. The molecular weight excluding hydrogens is 374 g/mol. The number of piperazine rings is 1. The van der Waals surface area contributed by atoms with E-state index in [0.29, 0.717) is 17.3 Å². The molecule has 3 aromatic rings. The van der Waals surface area contributed by atoms with E-state index in [1.165, 1.54) is 0 Å². The van der Waals surface area contributed by atoms with Crippen LogP contribution in [0.3, 0.4) is 0 Å². The second-order valence-corrected chi connectivity index (χ2v) is 7.41. The van der Waals surface area contributed by atoms with Gasteiger partial charge in [-0.1, -0.05) is 11.6 Å². The molecule has 0 atom stereocenters. The van der Waals surface area contributed by atoms with Crippen LogP contribution in [0.2, 0.25) is 5.02 Å². The quantitative estimate of drug-likeness (QED) is 0.631. The molecule has 1 aliphatic heterocycles. The highest BCUT2D eigenvalue weighted by molar-refractivity contribution is 6.32. The molecule has 7 heteroatoms. The molecule has 1 aliphatic rings. The summed E-state index contributed by atoms with van der Waals surface area (Å²) in [5.41, 5.74) is 5.02. The van der Waals surface area contributed by atoms with Gasteiger partial charge in [-0.25, -0.2) is 4.98 Å². The van der Waals surface area contributed by atoms with Gasteiger partial charge in [0.05, 0.1) is 30.4 Å². The van der Waals surface area contributed by atoms with Crippen LogP contribution in [0.4, 0.5) is 5.69 Å². The fourth-order valence-corrected chi connectivity index (χ4v) is 3.89. The zero-order chi connectivity index (χ0) is 19.7. The Morgan fingerprint density at radius 3 is 2.71 bits per heavy atom. The van der Waals surface area contributed by atoms with Crippen LogP contribution in [0.1, 0.15) is 5.56 Å². The van der Waals surface area contributed by atoms with Crippen molar-refractivity contribution in [1.29, 1.82) is 5.26 Å². The number of benzene rings is 1. The summed E-state index contributed by atoms with van der Waals surface area (Å²) in [6.45, 7) is 6.17. The van der Waals surface area contributed by atoms with Crippen LogP contribution in [0, 0.1) is 18.3 Å². The van der Waals surface area contributed by atoms with Gasteiger partial charge >= 0.3 is 0 Å². The molecule has 0 amide bonds. The molecule has 4 rings (SSSR count). The van der Waals surface area contributed by atoms with E-state index in [0.717, 1.165) is 54.3 Å². The van der Waals surface area contributed by atoms with E-state index in [4.69, 9.17) is 26.6 Å². The van der Waals surface area contributed by atoms with Crippen molar-refractivity contribution in [1.82, 2.24) is 14.3 Å². The third kappa shape index (κ3) is 3.51. The van der Waals surface area contributed by atoms with Gasteiger partial charge in [-0.3, -0.25) is 4.90 Å². The van der Waals surface area contributed by atoms with Gasteiger partial charge in [0.2, 0.25) is 0 Å². The summed E-state index contributed by atoms with van der Waals surface area (Å²) in [6, 6.07) is 10.3. The first-order chi connectivity index (χ1) is 13.6. The largest absolute Gasteiger partial charge is 0.495 e. The molecule has 1 saturated heterocycles. The number of imidazole rings is 1. The lowest BCUT2D eigenvalue weighted by Crippen LogP contribution is -2.46. The first kappa shape index (κ1) is 18.6. The Kier molecular flexibility index (Phi) is 5.12. The summed E-state index contributed by atoms with van der Waals surface area (Å²) in [6.07, 6.45) is 4.07. The van der Waals surface area contributed by atoms with Gasteiger partial charge in [-0.05, 0) is 30.7 Å². The predicted molar refractivity (Wildman–Crippen MR) is 111 cm³/mol. The first-order valence-corrected chi connectivity index (χ1v) is 9.64. The van der Waals surface area contributed by atoms with Gasteiger partial charge in [-0.2, -0.15) is 5.26 Å². The fraction of sp³-hybridized carbons (Fsp3) is 0.333. The molecule has 0 saturated carbocycles. The van der Waals surface area contributed by atoms with Crippen LogP contribution in [0.5, 0.6) is 5.75 Å². The molecule has 0 spiro atoms. The van der Waals surface area contributed by atoms with Crippen molar-refractivity contribution < 1.29 is 4.74 Å². The SMILES string of the molecule is COc1cc(C)c(-c2cn3ccc(N4CCN(CC#N)CC4)cc3n2)cc1Cl. The number of rotatable bonds is 4. The molecule has 0 N–H and O–H groups in total. The lowest BCUT2D eigenvalue weighted by atomic mass is 10.1. The van der Waals surface area contributed by atoms with Gasteiger partial charge in [-0.15, -0.1) is 0 Å². The lowest BCUT2D eigenvalue weighted by Gasteiger charge is -2.34. The number of ether oxygens (including phenoxy) is 1. The maximum absolute atomic E-state index is 8.85. The number of anilines is 1. The molecule has 1 fully saturated rings. The van der Waals surface area contributed by atoms with Gasteiger partial charge in [0.25, 0.3) is 0 Å². The molecule has 6 nitrogen and oxygen atoms in total. The summed E-state index contributed by atoms with van der Waals surface area (Å²) in [5, 5.41) is 9.43. The Morgan fingerprint density at radius 1 is 1.21 bits per heavy atom. The summed E-state index contributed by atoms with van der Waals surface area (Å²) < 4.78 is 7.33. The van der Waals surface area contributed by atoms with Crippen molar-refractivity contribution >= 4 is 22.9 Å². The summed E-state index contributed by atoms with van der Waals surface area (Å²) in [7, 11) is 1.62. The van der Waals surface area contributed by atoms with Crippen LogP contribution >= 0.6 is 11.6 Å². The lowest BCUT2D eigenvalue weighted by molar-refractivity contribution is 0.287. The Morgan fingerprint density at radius 2 is 2.00 bits per heavy atom. The highest BCUT2D eigenvalue weighted by Gasteiger charge is 2.18. The van der Waals surface area contributed by atoms with E-state index in [2.05, 4.69) is 28.0 Å². The smallest absolute Gasteiger partial charge is 0.139 e. The van der Waals surface area contributed by atoms with Crippen molar-refractivity contribution in [2.45, 2.75) is 6.92 Å². The van der Waals surface area contributed by atoms with E-state index in [9.17, 15) is 0 Å². The minimum Gasteiger partial charge on any atom is -0.495 e. The van der Waals surface area contributed by atoms with Crippen molar-refractivity contribution in [3.8, 4) is 23.1 Å². The van der Waals surface area contributed by atoms with Crippen molar-refractivity contribution in [3.63, 3.8) is 0 Å². The molecule has 0 aliphatic carbocycles. The molecule has 0 bridgehead atoms. The topological polar surface area (TPSA) is 56.8 Å². The Hall–Kier alpha value is -2.75. The minimum absolute atomic E-state index is 0.500. The van der Waals surface area contributed by atoms with Crippen LogP contribution in [0.15, 0.2) is 36.7 Å². The maximum Gasteiger partial charge on any atom is 0.139 e. The molecule has 1 aromatic carbocycles. The summed E-state index contributed by atoms with van der Waals surface area (Å²) in [4.78, 5) is 9.35. The van der Waals surface area contributed by atoms with E-state index < -0.39 is 0 Å². The van der Waals surface area contributed by atoms with E-state index >= 15 is 0 Å². The maximum atomic E-state index is 8.85. The van der Waals surface area contributed by atoms with Crippen LogP contribution in [-0.2, 0) is 0 Å². The number of aryl methyl sites for hydroxylation is 1. The van der Waals surface area contributed by atoms with E-state index in [1.54, 1.807) is 7.11 Å². The highest BCUT2D eigenvalue weighted by atomic mass is 35.5. The predicted octanol–water partition coefficient (Wildman–Crippen LogP) is 3.62. The van der Waals surface area contributed by atoms with E-state index in [-0.39, 0.29) is 0 Å². The number of pyridine rings is 1. The average molecular weight is 396 g/mol. The number of hydrogen-bond acceptors (Lipinski definition) is 5. The van der Waals surface area contributed by atoms with Gasteiger partial charge in [0.1, 0.15) is 11.4 Å². The third-order valence-corrected chi connectivity index (χ3v) is 5.55. The zero-order valence-electron chi connectivity index (χ0n) is 16.0. The molecule has 144 valence electrons. The Bertz CT molecular complexity index is 1050. The highest BCUT2D eigenvalue weighted by Crippen LogP contribution is 2.33. The Labute approximate surface area is 169 Å². The average Bonchev–Trinajstić information content (AvgIpc) is 3.13. The normalized spacial score (nSPS) is 15.0. The molecule has 0 unspecified atom stereocenters. The van der Waals surface area contributed by atoms with E-state index in [1.807, 2.05) is 35.9 Å². The second-order valence-electron chi connectivity index (χ2n) is 7.00. The monoisotopic (exact) mass is 395 g/mol. The van der Waals surface area contributed by atoms with Gasteiger partial charge in [0.15, 0.2) is 0 Å². The van der Waals surface area contributed by atoms with Gasteiger partial charge in [0, 0.05) is 55.9 Å². The standard InChI is InChI=1S/C21H22ClN5O/c1-15-11-20(28-2)18(22)13-17(15)19-14-27-5-3-16(12-21(27)24-19)26-9-7-25(6-4-23)8-10-26/h3,5,11-14H,6-10H2,1-2H3. The number of nitrogens with zero attached hydrogens (tertiary/aromatic N) is 5. The molecular formula is C21H22ClN5O. The fourth-order valence-electron chi connectivity index (χ4n) is 3.65. The van der Waals surface area contributed by atoms with Gasteiger partial charge < -0.3 is 14.0 Å². The van der Waals surface area contributed by atoms with Crippen LogP contribution in [-0.4, -0.2) is 54.1 Å². The number of nitriles is 1. The molecule has 2 aromatic heterocycles. The summed E-state index contributed by atoms with van der Waals surface area (Å²) >= 11 is 6.32. The number of hydrogen-bond donors (Lipinski definition) is 0. The first-order valence-electron chi connectivity index (χ1n) is 9.26. The number of methoxy groups -OCH3 is 1. The zero-order valence-corrected chi connectivity index (χ0v) is 16.8.